The molecule has 1 amide bonds. The molecule has 1 saturated carbocycles. The number of carbonyl (C=O) groups excluding carboxylic acids is 1. The highest BCUT2D eigenvalue weighted by Gasteiger charge is 2.32. The summed E-state index contributed by atoms with van der Waals surface area (Å²) in [5.41, 5.74) is 0. The SMILES string of the molecule is O=C(N[C@H]1CC[C@@H](C(=O)O)C1)C1CCNCC1. The minimum Gasteiger partial charge on any atom is -0.481 e. The zero-order valence-corrected chi connectivity index (χ0v) is 9.95. The van der Waals surface area contributed by atoms with Crippen LogP contribution in [0.3, 0.4) is 0 Å². The summed E-state index contributed by atoms with van der Waals surface area (Å²) in [6, 6.07) is 0.0680. The highest BCUT2D eigenvalue weighted by atomic mass is 16.4. The van der Waals surface area contributed by atoms with Gasteiger partial charge >= 0.3 is 5.97 Å². The van der Waals surface area contributed by atoms with Crippen molar-refractivity contribution in [1.29, 1.82) is 0 Å². The Morgan fingerprint density at radius 1 is 1.06 bits per heavy atom. The van der Waals surface area contributed by atoms with Gasteiger partial charge in [-0.25, -0.2) is 0 Å². The Bertz CT molecular complexity index is 300. The minimum atomic E-state index is -0.733. The standard InChI is InChI=1S/C12H20N2O3/c15-11(8-3-5-13-6-4-8)14-10-2-1-9(7-10)12(16)17/h8-10,13H,1-7H2,(H,14,15)(H,16,17)/t9-,10+/m1/s1. The van der Waals surface area contributed by atoms with Crippen LogP contribution in [0.1, 0.15) is 32.1 Å². The van der Waals surface area contributed by atoms with Crippen molar-refractivity contribution in [2.24, 2.45) is 11.8 Å². The van der Waals surface area contributed by atoms with Crippen LogP contribution in [0.2, 0.25) is 0 Å². The molecule has 1 aliphatic heterocycles. The van der Waals surface area contributed by atoms with Gasteiger partial charge in [0.25, 0.3) is 0 Å². The molecule has 1 heterocycles. The van der Waals surface area contributed by atoms with Gasteiger partial charge < -0.3 is 15.7 Å². The van der Waals surface area contributed by atoms with Crippen molar-refractivity contribution in [3.8, 4) is 0 Å². The molecule has 1 saturated heterocycles. The van der Waals surface area contributed by atoms with Crippen LogP contribution in [0.4, 0.5) is 0 Å². The zero-order chi connectivity index (χ0) is 12.3. The number of carboxylic acid groups (broad SMARTS) is 1. The van der Waals surface area contributed by atoms with Crippen molar-refractivity contribution in [3.05, 3.63) is 0 Å². The lowest BCUT2D eigenvalue weighted by atomic mass is 9.97. The number of rotatable bonds is 3. The quantitative estimate of drug-likeness (QED) is 0.665. The van der Waals surface area contributed by atoms with Gasteiger partial charge in [0.05, 0.1) is 5.92 Å². The van der Waals surface area contributed by atoms with Crippen molar-refractivity contribution in [1.82, 2.24) is 10.6 Å². The second-order valence-electron chi connectivity index (χ2n) is 5.08. The van der Waals surface area contributed by atoms with Gasteiger partial charge in [0, 0.05) is 12.0 Å². The van der Waals surface area contributed by atoms with Gasteiger partial charge in [0.15, 0.2) is 0 Å². The summed E-state index contributed by atoms with van der Waals surface area (Å²) in [5.74, 6) is -0.778. The number of hydrogen-bond acceptors (Lipinski definition) is 3. The molecule has 17 heavy (non-hydrogen) atoms. The Labute approximate surface area is 101 Å². The molecule has 2 aliphatic rings. The van der Waals surface area contributed by atoms with E-state index in [1.807, 2.05) is 0 Å². The van der Waals surface area contributed by atoms with Crippen LogP contribution in [0.25, 0.3) is 0 Å². The summed E-state index contributed by atoms with van der Waals surface area (Å²) in [4.78, 5) is 22.8. The number of carboxylic acids is 1. The molecule has 0 spiro atoms. The molecule has 0 aromatic carbocycles. The van der Waals surface area contributed by atoms with Gasteiger partial charge in [-0.2, -0.15) is 0 Å². The van der Waals surface area contributed by atoms with E-state index in [2.05, 4.69) is 10.6 Å². The van der Waals surface area contributed by atoms with E-state index < -0.39 is 5.97 Å². The van der Waals surface area contributed by atoms with E-state index in [4.69, 9.17) is 5.11 Å². The van der Waals surface area contributed by atoms with Crippen LogP contribution in [0.5, 0.6) is 0 Å². The van der Waals surface area contributed by atoms with E-state index in [0.717, 1.165) is 32.4 Å². The predicted molar refractivity (Wildman–Crippen MR) is 62.5 cm³/mol. The molecule has 2 fully saturated rings. The minimum absolute atomic E-state index is 0.0680. The van der Waals surface area contributed by atoms with Gasteiger partial charge in [-0.3, -0.25) is 9.59 Å². The molecule has 0 bridgehead atoms. The van der Waals surface area contributed by atoms with E-state index in [1.165, 1.54) is 0 Å². The molecule has 0 aromatic heterocycles. The summed E-state index contributed by atoms with van der Waals surface area (Å²) in [6.07, 6.45) is 3.86. The molecule has 0 unspecified atom stereocenters. The van der Waals surface area contributed by atoms with Crippen LogP contribution < -0.4 is 10.6 Å². The van der Waals surface area contributed by atoms with Crippen molar-refractivity contribution in [3.63, 3.8) is 0 Å². The average molecular weight is 240 g/mol. The van der Waals surface area contributed by atoms with Crippen molar-refractivity contribution < 1.29 is 14.7 Å². The summed E-state index contributed by atoms with van der Waals surface area (Å²) < 4.78 is 0. The number of hydrogen-bond donors (Lipinski definition) is 3. The molecule has 0 aromatic rings. The maximum Gasteiger partial charge on any atom is 0.306 e. The predicted octanol–water partition coefficient (Wildman–Crippen LogP) is 0.355. The molecular formula is C12H20N2O3. The van der Waals surface area contributed by atoms with Gasteiger partial charge in [0.1, 0.15) is 0 Å². The maximum atomic E-state index is 11.9. The Kier molecular flexibility index (Phi) is 3.99. The van der Waals surface area contributed by atoms with Gasteiger partial charge in [-0.05, 0) is 45.2 Å². The lowest BCUT2D eigenvalue weighted by molar-refractivity contribution is -0.141. The first-order valence-electron chi connectivity index (χ1n) is 6.40. The molecular weight excluding hydrogens is 220 g/mol. The van der Waals surface area contributed by atoms with E-state index in [1.54, 1.807) is 0 Å². The summed E-state index contributed by atoms with van der Waals surface area (Å²) in [5, 5.41) is 15.1. The summed E-state index contributed by atoms with van der Waals surface area (Å²) in [6.45, 7) is 1.81. The molecule has 1 aliphatic carbocycles. The molecule has 5 nitrogen and oxygen atoms in total. The molecule has 3 N–H and O–H groups in total. The third-order valence-electron chi connectivity index (χ3n) is 3.84. The lowest BCUT2D eigenvalue weighted by Crippen LogP contribution is -2.42. The molecule has 0 radical (unpaired) electrons. The van der Waals surface area contributed by atoms with Gasteiger partial charge in [-0.15, -0.1) is 0 Å². The largest absolute Gasteiger partial charge is 0.481 e. The van der Waals surface area contributed by atoms with Crippen LogP contribution in [-0.2, 0) is 9.59 Å². The normalized spacial score (nSPS) is 30.1. The number of aliphatic carboxylic acids is 1. The van der Waals surface area contributed by atoms with Crippen LogP contribution in [-0.4, -0.2) is 36.1 Å². The highest BCUT2D eigenvalue weighted by molar-refractivity contribution is 5.79. The zero-order valence-electron chi connectivity index (χ0n) is 9.95. The van der Waals surface area contributed by atoms with E-state index in [9.17, 15) is 9.59 Å². The summed E-state index contributed by atoms with van der Waals surface area (Å²) in [7, 11) is 0. The van der Waals surface area contributed by atoms with Crippen molar-refractivity contribution in [2.45, 2.75) is 38.1 Å². The molecule has 2 atom stereocenters. The van der Waals surface area contributed by atoms with E-state index >= 15 is 0 Å². The lowest BCUT2D eigenvalue weighted by Gasteiger charge is -2.23. The maximum absolute atomic E-state index is 11.9. The first kappa shape index (κ1) is 12.4. The fourth-order valence-electron chi connectivity index (χ4n) is 2.74. The van der Waals surface area contributed by atoms with Crippen LogP contribution >= 0.6 is 0 Å². The first-order valence-corrected chi connectivity index (χ1v) is 6.40. The Balaban J connectivity index is 1.77. The number of nitrogens with one attached hydrogen (secondary N) is 2. The highest BCUT2D eigenvalue weighted by Crippen LogP contribution is 2.26. The summed E-state index contributed by atoms with van der Waals surface area (Å²) >= 11 is 0. The number of piperidine rings is 1. The Morgan fingerprint density at radius 3 is 2.35 bits per heavy atom. The second-order valence-corrected chi connectivity index (χ2v) is 5.08. The third-order valence-corrected chi connectivity index (χ3v) is 3.84. The van der Waals surface area contributed by atoms with Crippen molar-refractivity contribution >= 4 is 11.9 Å². The molecule has 96 valence electrons. The Hall–Kier alpha value is -1.10. The van der Waals surface area contributed by atoms with Crippen molar-refractivity contribution in [2.75, 3.05) is 13.1 Å². The van der Waals surface area contributed by atoms with Gasteiger partial charge in [-0.1, -0.05) is 0 Å². The molecule has 2 rings (SSSR count). The number of carbonyl (C=O) groups is 2. The topological polar surface area (TPSA) is 78.4 Å². The smallest absolute Gasteiger partial charge is 0.306 e. The second kappa shape index (κ2) is 5.49. The monoisotopic (exact) mass is 240 g/mol. The fourth-order valence-corrected chi connectivity index (χ4v) is 2.74. The Morgan fingerprint density at radius 2 is 1.76 bits per heavy atom. The number of amides is 1. The average Bonchev–Trinajstić information content (AvgIpc) is 2.79. The van der Waals surface area contributed by atoms with E-state index in [-0.39, 0.29) is 23.8 Å². The van der Waals surface area contributed by atoms with E-state index in [0.29, 0.717) is 12.8 Å². The van der Waals surface area contributed by atoms with Crippen LogP contribution in [0.15, 0.2) is 0 Å². The first-order chi connectivity index (χ1) is 8.16. The van der Waals surface area contributed by atoms with Gasteiger partial charge in [0.2, 0.25) is 5.91 Å². The molecule has 5 heteroatoms. The van der Waals surface area contributed by atoms with Crippen LogP contribution in [0, 0.1) is 11.8 Å². The fraction of sp³-hybridized carbons (Fsp3) is 0.833. The third kappa shape index (κ3) is 3.19.